The molecule has 2 nitrogen and oxygen atoms in total. The number of alkyl halides is 9. The van der Waals surface area contributed by atoms with Crippen LogP contribution in [0, 0.1) is 5.92 Å². The second-order valence-electron chi connectivity index (χ2n) is 4.47. The van der Waals surface area contributed by atoms with Crippen molar-refractivity contribution in [3.8, 4) is 0 Å². The van der Waals surface area contributed by atoms with E-state index in [2.05, 4.69) is 0 Å². The molecule has 11 heteroatoms. The van der Waals surface area contributed by atoms with Gasteiger partial charge in [-0.05, 0) is 12.8 Å². The molecule has 0 saturated carbocycles. The Balaban J connectivity index is 4.96. The third kappa shape index (κ3) is 4.53. The molecule has 0 radical (unpaired) electrons. The highest BCUT2D eigenvalue weighted by Gasteiger charge is 2.79. The van der Waals surface area contributed by atoms with Crippen LogP contribution in [0.2, 0.25) is 0 Å². The summed E-state index contributed by atoms with van der Waals surface area (Å²) in [5.41, 5.74) is 0. The van der Waals surface area contributed by atoms with Gasteiger partial charge in [0.05, 0.1) is 0 Å². The molecule has 0 aliphatic carbocycles. The van der Waals surface area contributed by atoms with Gasteiger partial charge in [-0.15, -0.1) is 0 Å². The van der Waals surface area contributed by atoms with Gasteiger partial charge in [0, 0.05) is 48.1 Å². The first-order chi connectivity index (χ1) is 9.24. The van der Waals surface area contributed by atoms with E-state index < -0.39 is 53.7 Å². The molecule has 0 fully saturated rings. The van der Waals surface area contributed by atoms with E-state index in [1.807, 2.05) is 0 Å². The highest BCUT2D eigenvalue weighted by Crippen LogP contribution is 2.55. The van der Waals surface area contributed by atoms with E-state index in [0.29, 0.717) is 0 Å². The van der Waals surface area contributed by atoms with Gasteiger partial charge in [-0.25, -0.2) is 0 Å². The smallest absolute Gasteiger partial charge is 0.387 e. The largest absolute Gasteiger partial charge is 0.396 e. The van der Waals surface area contributed by atoms with E-state index in [0.717, 1.165) is 0 Å². The van der Waals surface area contributed by atoms with Crippen LogP contribution in [0.1, 0.15) is 19.3 Å². The predicted octanol–water partition coefficient (Wildman–Crippen LogP) is 3.69. The van der Waals surface area contributed by atoms with Crippen molar-refractivity contribution < 1.29 is 45.3 Å². The molecular weight excluding hydrogens is 431 g/mol. The molecule has 0 unspecified atom stereocenters. The average molecular weight is 444 g/mol. The SMILES string of the molecule is OCC(CO)CCCC(F)(F)C(F)(F)C(F)(F)C(F)(F)I. The van der Waals surface area contributed by atoms with Gasteiger partial charge >= 0.3 is 21.7 Å². The van der Waals surface area contributed by atoms with Crippen LogP contribution in [0.5, 0.6) is 0 Å². The van der Waals surface area contributed by atoms with Crippen molar-refractivity contribution in [3.05, 3.63) is 0 Å². The lowest BCUT2D eigenvalue weighted by Gasteiger charge is -2.34. The van der Waals surface area contributed by atoms with Gasteiger partial charge in [-0.3, -0.25) is 0 Å². The quantitative estimate of drug-likeness (QED) is 0.324. The highest BCUT2D eigenvalue weighted by atomic mass is 127. The first-order valence-electron chi connectivity index (χ1n) is 5.66. The summed E-state index contributed by atoms with van der Waals surface area (Å²) in [6.07, 6.45) is -2.87. The topological polar surface area (TPSA) is 40.5 Å². The van der Waals surface area contributed by atoms with Gasteiger partial charge in [0.25, 0.3) is 0 Å². The Hall–Kier alpha value is 0.0900. The van der Waals surface area contributed by atoms with Gasteiger partial charge < -0.3 is 10.2 Å². The van der Waals surface area contributed by atoms with E-state index in [-0.39, 0.29) is 29.0 Å². The molecule has 128 valence electrons. The lowest BCUT2D eigenvalue weighted by Crippen LogP contribution is -2.60. The van der Waals surface area contributed by atoms with Crippen LogP contribution >= 0.6 is 22.6 Å². The fraction of sp³-hybridized carbons (Fsp3) is 1.00. The third-order valence-electron chi connectivity index (χ3n) is 2.83. The van der Waals surface area contributed by atoms with Crippen LogP contribution < -0.4 is 0 Å². The second kappa shape index (κ2) is 7.11. The van der Waals surface area contributed by atoms with Crippen molar-refractivity contribution in [3.63, 3.8) is 0 Å². The average Bonchev–Trinajstić information content (AvgIpc) is 2.32. The molecule has 0 spiro atoms. The first-order valence-corrected chi connectivity index (χ1v) is 6.74. The summed E-state index contributed by atoms with van der Waals surface area (Å²) in [4.78, 5) is 0. The summed E-state index contributed by atoms with van der Waals surface area (Å²) < 4.78 is 97.8. The Labute approximate surface area is 128 Å². The molecule has 0 aliphatic heterocycles. The normalized spacial score (nSPS) is 14.9. The lowest BCUT2D eigenvalue weighted by molar-refractivity contribution is -0.343. The second-order valence-corrected chi connectivity index (χ2v) is 5.83. The molecule has 0 aliphatic rings. The van der Waals surface area contributed by atoms with Crippen molar-refractivity contribution in [1.82, 2.24) is 0 Å². The van der Waals surface area contributed by atoms with Crippen LogP contribution in [0.4, 0.5) is 35.1 Å². The maximum atomic E-state index is 13.2. The minimum atomic E-state index is -6.24. The number of halogens is 9. The molecule has 0 saturated heterocycles. The number of rotatable bonds is 9. The number of aliphatic hydroxyl groups excluding tert-OH is 2. The lowest BCUT2D eigenvalue weighted by atomic mass is 9.96. The molecule has 0 aromatic heterocycles. The minimum absolute atomic E-state index is 0.318. The summed E-state index contributed by atoms with van der Waals surface area (Å²) in [5.74, 6) is -18.7. The Morgan fingerprint density at radius 3 is 1.57 bits per heavy atom. The van der Waals surface area contributed by atoms with Crippen LogP contribution in [0.25, 0.3) is 0 Å². The molecule has 0 rings (SSSR count). The van der Waals surface area contributed by atoms with E-state index in [1.54, 1.807) is 0 Å². The molecule has 0 bridgehead atoms. The van der Waals surface area contributed by atoms with E-state index in [1.165, 1.54) is 0 Å². The molecule has 0 heterocycles. The fourth-order valence-corrected chi connectivity index (χ4v) is 1.76. The highest BCUT2D eigenvalue weighted by molar-refractivity contribution is 14.1. The molecule has 2 N–H and O–H groups in total. The summed E-state index contributed by atoms with van der Waals surface area (Å²) in [6, 6.07) is 0. The maximum Gasteiger partial charge on any atom is 0.387 e. The number of hydrogen-bond donors (Lipinski definition) is 2. The Morgan fingerprint density at radius 1 is 0.810 bits per heavy atom. The summed E-state index contributed by atoms with van der Waals surface area (Å²) in [6.45, 7) is -1.22. The van der Waals surface area contributed by atoms with Crippen molar-refractivity contribution in [1.29, 1.82) is 0 Å². The van der Waals surface area contributed by atoms with Gasteiger partial charge in [0.15, 0.2) is 0 Å². The van der Waals surface area contributed by atoms with Crippen molar-refractivity contribution >= 4 is 22.6 Å². The third-order valence-corrected chi connectivity index (χ3v) is 3.51. The Morgan fingerprint density at radius 2 is 1.24 bits per heavy atom. The van der Waals surface area contributed by atoms with E-state index in [9.17, 15) is 35.1 Å². The van der Waals surface area contributed by atoms with Gasteiger partial charge in [0.1, 0.15) is 0 Å². The standard InChI is InChI=1S/C10H13F8IO2/c11-7(12,3-1-2-6(4-20)5-21)8(13,14)9(15,16)10(17,18)19/h6,20-21H,1-5H2. The number of hydrogen-bond acceptors (Lipinski definition) is 2. The maximum absolute atomic E-state index is 13.2. The van der Waals surface area contributed by atoms with Gasteiger partial charge in [-0.1, -0.05) is 0 Å². The van der Waals surface area contributed by atoms with Crippen molar-refractivity contribution in [2.75, 3.05) is 13.2 Å². The van der Waals surface area contributed by atoms with Crippen LogP contribution in [0.3, 0.4) is 0 Å². The molecular formula is C10H13F8IO2. The van der Waals surface area contributed by atoms with Crippen molar-refractivity contribution in [2.45, 2.75) is 41.0 Å². The molecule has 0 aromatic carbocycles. The molecule has 0 atom stereocenters. The predicted molar refractivity (Wildman–Crippen MR) is 65.3 cm³/mol. The number of aliphatic hydroxyl groups is 2. The van der Waals surface area contributed by atoms with Crippen LogP contribution in [-0.4, -0.2) is 45.1 Å². The zero-order chi connectivity index (χ0) is 17.1. The van der Waals surface area contributed by atoms with Crippen molar-refractivity contribution in [2.24, 2.45) is 5.92 Å². The van der Waals surface area contributed by atoms with Gasteiger partial charge in [-0.2, -0.15) is 35.1 Å². The van der Waals surface area contributed by atoms with E-state index >= 15 is 0 Å². The van der Waals surface area contributed by atoms with E-state index in [4.69, 9.17) is 10.2 Å². The molecule has 0 amide bonds. The van der Waals surface area contributed by atoms with Gasteiger partial charge in [0.2, 0.25) is 0 Å². The summed E-state index contributed by atoms with van der Waals surface area (Å²) in [7, 11) is 0. The first kappa shape index (κ1) is 21.1. The Kier molecular flexibility index (Phi) is 7.14. The molecule has 21 heavy (non-hydrogen) atoms. The fourth-order valence-electron chi connectivity index (χ4n) is 1.42. The summed E-state index contributed by atoms with van der Waals surface area (Å²) in [5, 5.41) is 17.3. The minimum Gasteiger partial charge on any atom is -0.396 e. The zero-order valence-corrected chi connectivity index (χ0v) is 12.6. The molecule has 0 aromatic rings. The monoisotopic (exact) mass is 444 g/mol. The van der Waals surface area contributed by atoms with Crippen LogP contribution in [0.15, 0.2) is 0 Å². The summed E-state index contributed by atoms with van der Waals surface area (Å²) >= 11 is -0.318. The zero-order valence-electron chi connectivity index (χ0n) is 10.4. The Bertz CT molecular complexity index is 328. The van der Waals surface area contributed by atoms with Crippen LogP contribution in [-0.2, 0) is 0 Å².